The zero-order valence-electron chi connectivity index (χ0n) is 10.8. The Balaban J connectivity index is 1.95. The molecule has 2 unspecified atom stereocenters. The van der Waals surface area contributed by atoms with Crippen molar-refractivity contribution < 1.29 is 9.53 Å². The molecular weight excluding hydrogens is 226 g/mol. The molecular formula is C15H19NO2. The Labute approximate surface area is 108 Å². The number of fused-ring (bicyclic) bond motifs is 1. The summed E-state index contributed by atoms with van der Waals surface area (Å²) in [5.74, 6) is 0.433. The van der Waals surface area contributed by atoms with E-state index in [0.717, 1.165) is 38.3 Å². The van der Waals surface area contributed by atoms with Crippen molar-refractivity contribution in [3.8, 4) is 0 Å². The van der Waals surface area contributed by atoms with E-state index in [1.54, 1.807) is 0 Å². The summed E-state index contributed by atoms with van der Waals surface area (Å²) in [4.78, 5) is 14.7. The molecule has 1 aromatic rings. The third kappa shape index (κ3) is 1.98. The highest BCUT2D eigenvalue weighted by molar-refractivity contribution is 6.00. The highest BCUT2D eigenvalue weighted by Gasteiger charge is 2.34. The van der Waals surface area contributed by atoms with Crippen LogP contribution < -0.4 is 0 Å². The monoisotopic (exact) mass is 245 g/mol. The molecule has 0 N–H and O–H groups in total. The van der Waals surface area contributed by atoms with E-state index in [0.29, 0.717) is 11.8 Å². The van der Waals surface area contributed by atoms with E-state index in [2.05, 4.69) is 11.0 Å². The number of morpholine rings is 1. The van der Waals surface area contributed by atoms with Crippen LogP contribution in [0.5, 0.6) is 0 Å². The van der Waals surface area contributed by atoms with E-state index in [9.17, 15) is 4.79 Å². The van der Waals surface area contributed by atoms with Gasteiger partial charge in [0.25, 0.3) is 0 Å². The zero-order valence-corrected chi connectivity index (χ0v) is 10.8. The molecule has 1 heterocycles. The maximum Gasteiger partial charge on any atom is 0.166 e. The van der Waals surface area contributed by atoms with Crippen LogP contribution in [0.1, 0.15) is 35.3 Å². The fourth-order valence-electron chi connectivity index (χ4n) is 3.08. The van der Waals surface area contributed by atoms with Crippen LogP contribution in [-0.4, -0.2) is 37.0 Å². The van der Waals surface area contributed by atoms with Crippen LogP contribution >= 0.6 is 0 Å². The van der Waals surface area contributed by atoms with Crippen molar-refractivity contribution >= 4 is 5.78 Å². The fourth-order valence-corrected chi connectivity index (χ4v) is 3.08. The van der Waals surface area contributed by atoms with Crippen LogP contribution in [0, 0.1) is 5.92 Å². The Bertz CT molecular complexity index is 452. The summed E-state index contributed by atoms with van der Waals surface area (Å²) in [6.45, 7) is 5.60. The largest absolute Gasteiger partial charge is 0.379 e. The molecule has 0 amide bonds. The van der Waals surface area contributed by atoms with Crippen molar-refractivity contribution in [2.24, 2.45) is 5.92 Å². The Morgan fingerprint density at radius 2 is 1.94 bits per heavy atom. The van der Waals surface area contributed by atoms with Gasteiger partial charge < -0.3 is 4.74 Å². The number of ether oxygens (including phenoxy) is 1. The lowest BCUT2D eigenvalue weighted by molar-refractivity contribution is 0.00962. The van der Waals surface area contributed by atoms with Gasteiger partial charge in [-0.3, -0.25) is 9.69 Å². The van der Waals surface area contributed by atoms with Crippen molar-refractivity contribution in [3.05, 3.63) is 35.4 Å². The van der Waals surface area contributed by atoms with Crippen LogP contribution in [0.25, 0.3) is 0 Å². The Morgan fingerprint density at radius 1 is 1.22 bits per heavy atom. The third-order valence-corrected chi connectivity index (χ3v) is 4.10. The van der Waals surface area contributed by atoms with Gasteiger partial charge in [-0.05, 0) is 12.0 Å². The van der Waals surface area contributed by atoms with E-state index in [1.165, 1.54) is 5.56 Å². The summed E-state index contributed by atoms with van der Waals surface area (Å²) < 4.78 is 5.42. The fraction of sp³-hybridized carbons (Fsp3) is 0.533. The number of hydrogen-bond donors (Lipinski definition) is 0. The van der Waals surface area contributed by atoms with Crippen LogP contribution in [0.15, 0.2) is 24.3 Å². The molecule has 96 valence electrons. The van der Waals surface area contributed by atoms with Gasteiger partial charge in [0.15, 0.2) is 5.78 Å². The first kappa shape index (κ1) is 11.9. The minimum absolute atomic E-state index is 0.132. The molecule has 3 nitrogen and oxygen atoms in total. The molecule has 0 aromatic heterocycles. The summed E-state index contributed by atoms with van der Waals surface area (Å²) in [5.41, 5.74) is 2.13. The lowest BCUT2D eigenvalue weighted by Gasteiger charge is -2.39. The second-order valence-corrected chi connectivity index (χ2v) is 5.25. The lowest BCUT2D eigenvalue weighted by Crippen LogP contribution is -2.42. The smallest absolute Gasteiger partial charge is 0.166 e. The minimum Gasteiger partial charge on any atom is -0.379 e. The molecule has 2 atom stereocenters. The van der Waals surface area contributed by atoms with Crippen LogP contribution in [-0.2, 0) is 4.74 Å². The van der Waals surface area contributed by atoms with E-state index in [4.69, 9.17) is 4.74 Å². The average molecular weight is 245 g/mol. The molecule has 1 fully saturated rings. The number of nitrogens with zero attached hydrogens (tertiary/aromatic N) is 1. The van der Waals surface area contributed by atoms with Gasteiger partial charge in [0.1, 0.15) is 0 Å². The van der Waals surface area contributed by atoms with Gasteiger partial charge in [-0.1, -0.05) is 31.2 Å². The highest BCUT2D eigenvalue weighted by Crippen LogP contribution is 2.37. The van der Waals surface area contributed by atoms with Gasteiger partial charge >= 0.3 is 0 Å². The van der Waals surface area contributed by atoms with Crippen molar-refractivity contribution in [2.75, 3.05) is 26.3 Å². The van der Waals surface area contributed by atoms with Crippen LogP contribution in [0.4, 0.5) is 0 Å². The lowest BCUT2D eigenvalue weighted by atomic mass is 9.80. The molecule has 0 radical (unpaired) electrons. The van der Waals surface area contributed by atoms with Crippen LogP contribution in [0.2, 0.25) is 0 Å². The predicted molar refractivity (Wildman–Crippen MR) is 69.7 cm³/mol. The molecule has 3 rings (SSSR count). The van der Waals surface area contributed by atoms with E-state index in [1.807, 2.05) is 25.1 Å². The molecule has 18 heavy (non-hydrogen) atoms. The second-order valence-electron chi connectivity index (χ2n) is 5.25. The highest BCUT2D eigenvalue weighted by atomic mass is 16.5. The topological polar surface area (TPSA) is 29.5 Å². The first-order valence-electron chi connectivity index (χ1n) is 6.72. The summed E-state index contributed by atoms with van der Waals surface area (Å²) in [5, 5.41) is 0. The first-order valence-corrected chi connectivity index (χ1v) is 6.72. The maximum absolute atomic E-state index is 12.2. The number of carbonyl (C=O) groups is 1. The predicted octanol–water partition coefficient (Wildman–Crippen LogP) is 2.28. The summed E-state index contributed by atoms with van der Waals surface area (Å²) in [6, 6.07) is 8.47. The van der Waals surface area contributed by atoms with Crippen molar-refractivity contribution in [1.29, 1.82) is 0 Å². The van der Waals surface area contributed by atoms with E-state index in [-0.39, 0.29) is 5.92 Å². The first-order chi connectivity index (χ1) is 8.77. The third-order valence-electron chi connectivity index (χ3n) is 4.10. The van der Waals surface area contributed by atoms with E-state index < -0.39 is 0 Å². The van der Waals surface area contributed by atoms with Gasteiger partial charge in [0, 0.05) is 30.6 Å². The van der Waals surface area contributed by atoms with Crippen LogP contribution in [0.3, 0.4) is 0 Å². The van der Waals surface area contributed by atoms with Gasteiger partial charge in [0.2, 0.25) is 0 Å². The Hall–Kier alpha value is -1.19. The maximum atomic E-state index is 12.2. The van der Waals surface area contributed by atoms with Gasteiger partial charge in [-0.25, -0.2) is 0 Å². The van der Waals surface area contributed by atoms with Crippen molar-refractivity contribution in [2.45, 2.75) is 19.4 Å². The number of hydrogen-bond acceptors (Lipinski definition) is 3. The molecule has 0 spiro atoms. The molecule has 0 saturated carbocycles. The average Bonchev–Trinajstić information content (AvgIpc) is 2.44. The van der Waals surface area contributed by atoms with Gasteiger partial charge in [-0.2, -0.15) is 0 Å². The minimum atomic E-state index is 0.132. The molecule has 1 aromatic carbocycles. The quantitative estimate of drug-likeness (QED) is 0.760. The summed E-state index contributed by atoms with van der Waals surface area (Å²) >= 11 is 0. The second kappa shape index (κ2) is 4.82. The summed E-state index contributed by atoms with van der Waals surface area (Å²) in [6.07, 6.45) is 0.940. The molecule has 1 aliphatic heterocycles. The summed E-state index contributed by atoms with van der Waals surface area (Å²) in [7, 11) is 0. The molecule has 1 aliphatic carbocycles. The Morgan fingerprint density at radius 3 is 2.72 bits per heavy atom. The normalized spacial score (nSPS) is 29.1. The van der Waals surface area contributed by atoms with Gasteiger partial charge in [0.05, 0.1) is 13.2 Å². The zero-order chi connectivity index (χ0) is 12.5. The van der Waals surface area contributed by atoms with E-state index >= 15 is 0 Å². The molecule has 1 saturated heterocycles. The number of ketones is 1. The molecule has 3 heteroatoms. The standard InChI is InChI=1S/C15H19NO2/c1-11-10-14(16-6-8-18-9-7-16)12-4-2-3-5-13(12)15(11)17/h2-5,11,14H,6-10H2,1H3. The molecule has 0 bridgehead atoms. The Kier molecular flexibility index (Phi) is 3.18. The number of benzene rings is 1. The molecule has 2 aliphatic rings. The van der Waals surface area contributed by atoms with Gasteiger partial charge in [-0.15, -0.1) is 0 Å². The van der Waals surface area contributed by atoms with Crippen molar-refractivity contribution in [1.82, 2.24) is 4.90 Å². The number of Topliss-reactive ketones (excluding diaryl/α,β-unsaturated/α-hetero) is 1. The number of rotatable bonds is 1. The SMILES string of the molecule is CC1CC(N2CCOCC2)c2ccccc2C1=O. The van der Waals surface area contributed by atoms with Crippen molar-refractivity contribution in [3.63, 3.8) is 0 Å². The number of carbonyl (C=O) groups excluding carboxylic acids is 1.